The molecule has 5 nitrogen and oxygen atoms in total. The van der Waals surface area contributed by atoms with E-state index < -0.39 is 0 Å². The van der Waals surface area contributed by atoms with Crippen LogP contribution in [0, 0.1) is 0 Å². The van der Waals surface area contributed by atoms with Crippen molar-refractivity contribution in [2.45, 2.75) is 13.2 Å². The average molecular weight is 439 g/mol. The number of hydrogen-bond donors (Lipinski definition) is 0. The minimum Gasteiger partial charge on any atom is -0.489 e. The molecule has 152 valence electrons. The van der Waals surface area contributed by atoms with Crippen LogP contribution in [0.1, 0.15) is 21.8 Å². The first kappa shape index (κ1) is 20.2. The zero-order valence-electron chi connectivity index (χ0n) is 16.2. The molecule has 0 aliphatic rings. The number of ether oxygens (including phenoxy) is 1. The van der Waals surface area contributed by atoms with Gasteiger partial charge in [-0.1, -0.05) is 29.8 Å². The second kappa shape index (κ2) is 9.15. The highest BCUT2D eigenvalue weighted by Gasteiger charge is 2.17. The van der Waals surface area contributed by atoms with E-state index in [-0.39, 0.29) is 5.91 Å². The minimum atomic E-state index is -0.145. The molecule has 0 unspecified atom stereocenters. The highest BCUT2D eigenvalue weighted by molar-refractivity contribution is 7.13. The van der Waals surface area contributed by atoms with Crippen molar-refractivity contribution in [3.05, 3.63) is 94.3 Å². The van der Waals surface area contributed by atoms with E-state index in [9.17, 15) is 4.79 Å². The number of furan rings is 1. The first-order valence-electron chi connectivity index (χ1n) is 9.30. The molecular formula is C23H19ClN2O3S. The molecule has 0 saturated carbocycles. The van der Waals surface area contributed by atoms with Gasteiger partial charge in [0.25, 0.3) is 5.91 Å². The van der Waals surface area contributed by atoms with E-state index in [4.69, 9.17) is 20.8 Å². The maximum Gasteiger partial charge on any atom is 0.273 e. The molecule has 4 rings (SSSR count). The van der Waals surface area contributed by atoms with E-state index in [1.807, 2.05) is 54.6 Å². The molecule has 2 heterocycles. The van der Waals surface area contributed by atoms with E-state index in [1.54, 1.807) is 29.7 Å². The van der Waals surface area contributed by atoms with Crippen LogP contribution in [0.2, 0.25) is 5.02 Å². The van der Waals surface area contributed by atoms with Gasteiger partial charge in [0.05, 0.1) is 12.8 Å². The Hall–Kier alpha value is -3.09. The van der Waals surface area contributed by atoms with Gasteiger partial charge in [0, 0.05) is 28.6 Å². The molecule has 0 saturated heterocycles. The summed E-state index contributed by atoms with van der Waals surface area (Å²) in [4.78, 5) is 18.7. The number of amides is 1. The van der Waals surface area contributed by atoms with E-state index in [1.165, 1.54) is 11.3 Å². The first-order valence-corrected chi connectivity index (χ1v) is 10.6. The summed E-state index contributed by atoms with van der Waals surface area (Å²) in [7, 11) is 1.73. The van der Waals surface area contributed by atoms with Gasteiger partial charge in [-0.2, -0.15) is 0 Å². The number of halogens is 1. The number of hydrogen-bond acceptors (Lipinski definition) is 5. The minimum absolute atomic E-state index is 0.145. The van der Waals surface area contributed by atoms with Crippen molar-refractivity contribution in [3.8, 4) is 16.3 Å². The summed E-state index contributed by atoms with van der Waals surface area (Å²) in [6.07, 6.45) is 1.59. The Morgan fingerprint density at radius 2 is 1.93 bits per heavy atom. The lowest BCUT2D eigenvalue weighted by Gasteiger charge is -2.13. The summed E-state index contributed by atoms with van der Waals surface area (Å²) >= 11 is 7.60. The summed E-state index contributed by atoms with van der Waals surface area (Å²) in [5.41, 5.74) is 2.28. The third-order valence-corrected chi connectivity index (χ3v) is 5.76. The topological polar surface area (TPSA) is 55.6 Å². The molecule has 0 spiro atoms. The van der Waals surface area contributed by atoms with E-state index >= 15 is 0 Å². The highest BCUT2D eigenvalue weighted by atomic mass is 35.5. The van der Waals surface area contributed by atoms with Gasteiger partial charge in [-0.25, -0.2) is 4.98 Å². The third-order valence-electron chi connectivity index (χ3n) is 4.50. The van der Waals surface area contributed by atoms with Crippen molar-refractivity contribution < 1.29 is 13.9 Å². The van der Waals surface area contributed by atoms with E-state index in [2.05, 4.69) is 4.98 Å². The maximum atomic E-state index is 12.6. The van der Waals surface area contributed by atoms with Gasteiger partial charge in [0.1, 0.15) is 28.8 Å². The predicted octanol–water partition coefficient (Wildman–Crippen LogP) is 5.91. The van der Waals surface area contributed by atoms with Crippen LogP contribution in [0.15, 0.2) is 76.7 Å². The second-order valence-corrected chi connectivity index (χ2v) is 7.95. The number of aromatic nitrogens is 1. The fraction of sp³-hybridized carbons (Fsp3) is 0.130. The number of rotatable bonds is 7. The monoisotopic (exact) mass is 438 g/mol. The van der Waals surface area contributed by atoms with Gasteiger partial charge in [-0.15, -0.1) is 11.3 Å². The van der Waals surface area contributed by atoms with Crippen LogP contribution < -0.4 is 4.74 Å². The fourth-order valence-electron chi connectivity index (χ4n) is 2.88. The quantitative estimate of drug-likeness (QED) is 0.360. The fourth-order valence-corrected chi connectivity index (χ4v) is 3.87. The molecule has 0 radical (unpaired) electrons. The zero-order chi connectivity index (χ0) is 20.9. The Balaban J connectivity index is 1.39. The van der Waals surface area contributed by atoms with Crippen molar-refractivity contribution >= 4 is 28.8 Å². The Labute approximate surface area is 183 Å². The van der Waals surface area contributed by atoms with Crippen molar-refractivity contribution in [1.82, 2.24) is 9.88 Å². The molecule has 0 bridgehead atoms. The van der Waals surface area contributed by atoms with Gasteiger partial charge in [0.15, 0.2) is 0 Å². The molecular weight excluding hydrogens is 420 g/mol. The lowest BCUT2D eigenvalue weighted by atomic mass is 10.2. The lowest BCUT2D eigenvalue weighted by molar-refractivity contribution is 0.0770. The SMILES string of the molecule is CN(Cc1ccco1)C(=O)c1csc(-c2ccc(OCc3ccccc3Cl)cc2)n1. The van der Waals surface area contributed by atoms with Gasteiger partial charge in [-0.3, -0.25) is 4.79 Å². The molecule has 2 aromatic carbocycles. The average Bonchev–Trinajstić information content (AvgIpc) is 3.45. The molecule has 1 amide bonds. The molecule has 0 aliphatic heterocycles. The third kappa shape index (κ3) is 4.72. The van der Waals surface area contributed by atoms with Crippen molar-refractivity contribution in [2.24, 2.45) is 0 Å². The number of carbonyl (C=O) groups is 1. The normalized spacial score (nSPS) is 10.7. The van der Waals surface area contributed by atoms with Crippen LogP contribution in [0.5, 0.6) is 5.75 Å². The molecule has 0 atom stereocenters. The van der Waals surface area contributed by atoms with Crippen molar-refractivity contribution in [1.29, 1.82) is 0 Å². The predicted molar refractivity (Wildman–Crippen MR) is 118 cm³/mol. The van der Waals surface area contributed by atoms with Gasteiger partial charge in [-0.05, 0) is 42.5 Å². The maximum absolute atomic E-state index is 12.6. The Morgan fingerprint density at radius 3 is 2.67 bits per heavy atom. The molecule has 4 aromatic rings. The Bertz CT molecular complexity index is 1120. The summed E-state index contributed by atoms with van der Waals surface area (Å²) in [5, 5.41) is 3.24. The largest absolute Gasteiger partial charge is 0.489 e. The van der Waals surface area contributed by atoms with E-state index in [0.29, 0.717) is 23.9 Å². The summed E-state index contributed by atoms with van der Waals surface area (Å²) in [6, 6.07) is 18.9. The molecule has 7 heteroatoms. The standard InChI is InChI=1S/C23H19ClN2O3S/c1-26(13-19-6-4-12-28-19)23(27)21-15-30-22(25-21)16-8-10-18(11-9-16)29-14-17-5-2-3-7-20(17)24/h2-12,15H,13-14H2,1H3. The second-order valence-electron chi connectivity index (χ2n) is 6.68. The molecule has 0 aliphatic carbocycles. The van der Waals surface area contributed by atoms with Crippen LogP contribution in [-0.2, 0) is 13.2 Å². The van der Waals surface area contributed by atoms with Crippen LogP contribution in [0.3, 0.4) is 0 Å². The Kier molecular flexibility index (Phi) is 6.16. The number of nitrogens with zero attached hydrogens (tertiary/aromatic N) is 2. The summed E-state index contributed by atoms with van der Waals surface area (Å²) in [6.45, 7) is 0.799. The summed E-state index contributed by atoms with van der Waals surface area (Å²) < 4.78 is 11.1. The molecule has 0 fully saturated rings. The van der Waals surface area contributed by atoms with Crippen molar-refractivity contribution in [2.75, 3.05) is 7.05 Å². The molecule has 2 aromatic heterocycles. The smallest absolute Gasteiger partial charge is 0.273 e. The van der Waals surface area contributed by atoms with Crippen LogP contribution >= 0.6 is 22.9 Å². The van der Waals surface area contributed by atoms with Crippen LogP contribution in [0.25, 0.3) is 10.6 Å². The number of benzene rings is 2. The summed E-state index contributed by atoms with van der Waals surface area (Å²) in [5.74, 6) is 1.33. The van der Waals surface area contributed by atoms with Crippen molar-refractivity contribution in [3.63, 3.8) is 0 Å². The van der Waals surface area contributed by atoms with E-state index in [0.717, 1.165) is 27.6 Å². The van der Waals surface area contributed by atoms with Crippen LogP contribution in [-0.4, -0.2) is 22.8 Å². The molecule has 0 N–H and O–H groups in total. The number of thiazole rings is 1. The first-order chi connectivity index (χ1) is 14.6. The van der Waals surface area contributed by atoms with Gasteiger partial charge >= 0.3 is 0 Å². The van der Waals surface area contributed by atoms with Gasteiger partial charge in [0.2, 0.25) is 0 Å². The zero-order valence-corrected chi connectivity index (χ0v) is 17.8. The lowest BCUT2D eigenvalue weighted by Crippen LogP contribution is -2.26. The Morgan fingerprint density at radius 1 is 1.13 bits per heavy atom. The van der Waals surface area contributed by atoms with Gasteiger partial charge < -0.3 is 14.1 Å². The number of carbonyl (C=O) groups excluding carboxylic acids is 1. The van der Waals surface area contributed by atoms with Crippen LogP contribution in [0.4, 0.5) is 0 Å². The highest BCUT2D eigenvalue weighted by Crippen LogP contribution is 2.27. The molecule has 30 heavy (non-hydrogen) atoms.